The van der Waals surface area contributed by atoms with E-state index in [1.807, 2.05) is 0 Å². The smallest absolute Gasteiger partial charge is 0.262 e. The van der Waals surface area contributed by atoms with Gasteiger partial charge < -0.3 is 15.1 Å². The number of sulfone groups is 1. The van der Waals surface area contributed by atoms with Crippen LogP contribution in [0, 0.1) is 5.82 Å². The van der Waals surface area contributed by atoms with Crippen molar-refractivity contribution in [2.45, 2.75) is 10.3 Å². The highest BCUT2D eigenvalue weighted by molar-refractivity contribution is 7.92. The largest absolute Gasteiger partial charge is 0.336 e. The van der Waals surface area contributed by atoms with Crippen molar-refractivity contribution < 1.29 is 27.2 Å². The van der Waals surface area contributed by atoms with Gasteiger partial charge in [-0.05, 0) is 47.8 Å². The Hall–Kier alpha value is -3.28. The molecular formula is C24H21ClFN3O5S2. The molecule has 4 rings (SSSR count). The summed E-state index contributed by atoms with van der Waals surface area (Å²) in [5.41, 5.74) is -0.0799. The first kappa shape index (κ1) is 25.8. The molecule has 0 radical (unpaired) electrons. The standard InChI is InChI=1S/C24H21ClFN3O5S2/c25-16-7-9-17(10-8-16)36(33,34)22(27-21(30)20-6-3-15-35-20)24(32)29-13-11-28(12-14-29)23(31)18-4-1-2-5-19(18)26/h1-10,15,22H,11-14H2,(H,27,30)/t22-/m1/s1. The number of carbonyl (C=O) groups is 3. The van der Waals surface area contributed by atoms with E-state index in [4.69, 9.17) is 11.6 Å². The van der Waals surface area contributed by atoms with Gasteiger partial charge >= 0.3 is 0 Å². The molecular weight excluding hydrogens is 529 g/mol. The summed E-state index contributed by atoms with van der Waals surface area (Å²) in [5.74, 6) is -2.69. The zero-order chi connectivity index (χ0) is 25.9. The van der Waals surface area contributed by atoms with E-state index in [0.29, 0.717) is 5.02 Å². The van der Waals surface area contributed by atoms with Crippen molar-refractivity contribution >= 4 is 50.5 Å². The monoisotopic (exact) mass is 549 g/mol. The molecule has 1 aromatic heterocycles. The summed E-state index contributed by atoms with van der Waals surface area (Å²) in [7, 11) is -4.34. The molecule has 2 aromatic carbocycles. The number of benzene rings is 2. The number of halogens is 2. The third-order valence-corrected chi connectivity index (χ3v) is 8.66. The molecule has 1 aliphatic heterocycles. The van der Waals surface area contributed by atoms with Gasteiger partial charge in [-0.2, -0.15) is 0 Å². The van der Waals surface area contributed by atoms with E-state index in [2.05, 4.69) is 5.32 Å². The van der Waals surface area contributed by atoms with Crippen LogP contribution in [0.3, 0.4) is 0 Å². The van der Waals surface area contributed by atoms with Gasteiger partial charge in [0, 0.05) is 31.2 Å². The summed E-state index contributed by atoms with van der Waals surface area (Å²) in [6.07, 6.45) is 0. The Morgan fingerprint density at radius 2 is 1.56 bits per heavy atom. The van der Waals surface area contributed by atoms with Crippen molar-refractivity contribution in [2.75, 3.05) is 26.2 Å². The number of thiophene rings is 1. The van der Waals surface area contributed by atoms with E-state index in [1.165, 1.54) is 58.3 Å². The lowest BCUT2D eigenvalue weighted by Gasteiger charge is -2.36. The summed E-state index contributed by atoms with van der Waals surface area (Å²) in [5, 5.41) is 2.45. The van der Waals surface area contributed by atoms with Crippen molar-refractivity contribution in [1.82, 2.24) is 15.1 Å². The fourth-order valence-electron chi connectivity index (χ4n) is 3.73. The van der Waals surface area contributed by atoms with Gasteiger partial charge in [-0.3, -0.25) is 14.4 Å². The van der Waals surface area contributed by atoms with Gasteiger partial charge in [0.1, 0.15) is 5.82 Å². The summed E-state index contributed by atoms with van der Waals surface area (Å²) in [4.78, 5) is 41.6. The average molecular weight is 550 g/mol. The highest BCUT2D eigenvalue weighted by Gasteiger charge is 2.40. The van der Waals surface area contributed by atoms with Crippen LogP contribution in [0.5, 0.6) is 0 Å². The summed E-state index contributed by atoms with van der Waals surface area (Å²) < 4.78 is 40.9. The summed E-state index contributed by atoms with van der Waals surface area (Å²) >= 11 is 6.98. The number of piperazine rings is 1. The van der Waals surface area contributed by atoms with Gasteiger partial charge in [-0.25, -0.2) is 12.8 Å². The van der Waals surface area contributed by atoms with Crippen LogP contribution in [0.2, 0.25) is 5.02 Å². The van der Waals surface area contributed by atoms with E-state index in [-0.39, 0.29) is 41.5 Å². The second kappa shape index (κ2) is 10.8. The van der Waals surface area contributed by atoms with E-state index < -0.39 is 38.7 Å². The van der Waals surface area contributed by atoms with Crippen LogP contribution in [0.1, 0.15) is 20.0 Å². The molecule has 0 aliphatic carbocycles. The topological polar surface area (TPSA) is 104 Å². The molecule has 1 fully saturated rings. The highest BCUT2D eigenvalue weighted by atomic mass is 35.5. The quantitative estimate of drug-likeness (QED) is 0.509. The summed E-state index contributed by atoms with van der Waals surface area (Å²) in [6.45, 7) is 0.179. The lowest BCUT2D eigenvalue weighted by Crippen LogP contribution is -2.57. The van der Waals surface area contributed by atoms with Crippen LogP contribution in [0.15, 0.2) is 70.9 Å². The van der Waals surface area contributed by atoms with Crippen LogP contribution >= 0.6 is 22.9 Å². The third-order valence-electron chi connectivity index (χ3n) is 5.67. The maximum atomic E-state index is 14.0. The first-order chi connectivity index (χ1) is 17.2. The van der Waals surface area contributed by atoms with Gasteiger partial charge in [0.15, 0.2) is 0 Å². The molecule has 8 nitrogen and oxygen atoms in total. The Labute approximate surface area is 216 Å². The van der Waals surface area contributed by atoms with Crippen molar-refractivity contribution in [3.05, 3.63) is 87.3 Å². The second-order valence-corrected chi connectivity index (χ2v) is 11.3. The maximum Gasteiger partial charge on any atom is 0.262 e. The molecule has 1 N–H and O–H groups in total. The van der Waals surface area contributed by atoms with Crippen molar-refractivity contribution in [2.24, 2.45) is 0 Å². The van der Waals surface area contributed by atoms with Crippen LogP contribution in [0.4, 0.5) is 4.39 Å². The Balaban J connectivity index is 1.54. The average Bonchev–Trinajstić information content (AvgIpc) is 3.42. The maximum absolute atomic E-state index is 14.0. The number of amides is 3. The SMILES string of the molecule is O=C(N[C@@H](C(=O)N1CCN(C(=O)c2ccccc2F)CC1)S(=O)(=O)c1ccc(Cl)cc1)c1cccs1. The van der Waals surface area contributed by atoms with Gasteiger partial charge in [0.05, 0.1) is 15.3 Å². The van der Waals surface area contributed by atoms with Gasteiger partial charge in [0.25, 0.3) is 17.7 Å². The van der Waals surface area contributed by atoms with E-state index in [9.17, 15) is 27.2 Å². The van der Waals surface area contributed by atoms with Crippen molar-refractivity contribution in [3.8, 4) is 0 Å². The minimum Gasteiger partial charge on any atom is -0.336 e. The molecule has 12 heteroatoms. The van der Waals surface area contributed by atoms with Crippen LogP contribution in [-0.2, 0) is 14.6 Å². The molecule has 1 atom stereocenters. The molecule has 188 valence electrons. The number of rotatable bonds is 6. The zero-order valence-electron chi connectivity index (χ0n) is 18.8. The van der Waals surface area contributed by atoms with E-state index in [1.54, 1.807) is 17.5 Å². The Morgan fingerprint density at radius 1 is 0.917 bits per heavy atom. The summed E-state index contributed by atoms with van der Waals surface area (Å²) in [6, 6.07) is 14.0. The normalized spacial score (nSPS) is 14.8. The minimum atomic E-state index is -4.34. The van der Waals surface area contributed by atoms with Crippen molar-refractivity contribution in [1.29, 1.82) is 0 Å². The fraction of sp³-hybridized carbons (Fsp3) is 0.208. The van der Waals surface area contributed by atoms with Crippen LogP contribution < -0.4 is 5.32 Å². The molecule has 3 aromatic rings. The molecule has 1 saturated heterocycles. The van der Waals surface area contributed by atoms with Gasteiger partial charge in [-0.15, -0.1) is 11.3 Å². The number of nitrogens with zero attached hydrogens (tertiary/aromatic N) is 2. The molecule has 2 heterocycles. The minimum absolute atomic E-state index is 0.0144. The number of carbonyl (C=O) groups excluding carboxylic acids is 3. The van der Waals surface area contributed by atoms with Crippen molar-refractivity contribution in [3.63, 3.8) is 0 Å². The number of hydrogen-bond acceptors (Lipinski definition) is 6. The first-order valence-corrected chi connectivity index (χ1v) is 13.7. The lowest BCUT2D eigenvalue weighted by atomic mass is 10.1. The molecule has 3 amide bonds. The Morgan fingerprint density at radius 3 is 2.17 bits per heavy atom. The fourth-order valence-corrected chi connectivity index (χ4v) is 5.95. The number of hydrogen-bond donors (Lipinski definition) is 1. The lowest BCUT2D eigenvalue weighted by molar-refractivity contribution is -0.132. The molecule has 36 heavy (non-hydrogen) atoms. The van der Waals surface area contributed by atoms with E-state index >= 15 is 0 Å². The predicted molar refractivity (Wildman–Crippen MR) is 133 cm³/mol. The molecule has 0 saturated carbocycles. The van der Waals surface area contributed by atoms with Crippen LogP contribution in [-0.4, -0.2) is 67.5 Å². The van der Waals surface area contributed by atoms with Gasteiger partial charge in [0.2, 0.25) is 15.2 Å². The number of nitrogens with one attached hydrogen (secondary N) is 1. The molecule has 0 bridgehead atoms. The molecule has 0 unspecified atom stereocenters. The first-order valence-electron chi connectivity index (χ1n) is 10.8. The second-order valence-electron chi connectivity index (χ2n) is 7.93. The Bertz CT molecular complexity index is 1370. The van der Waals surface area contributed by atoms with E-state index in [0.717, 1.165) is 11.3 Å². The zero-order valence-corrected chi connectivity index (χ0v) is 21.2. The third kappa shape index (κ3) is 5.43. The van der Waals surface area contributed by atoms with Crippen LogP contribution in [0.25, 0.3) is 0 Å². The van der Waals surface area contributed by atoms with Gasteiger partial charge in [-0.1, -0.05) is 29.8 Å². The molecule has 1 aliphatic rings. The molecule has 0 spiro atoms. The Kier molecular flexibility index (Phi) is 7.72. The predicted octanol–water partition coefficient (Wildman–Crippen LogP) is 3.06. The highest BCUT2D eigenvalue weighted by Crippen LogP contribution is 2.21.